The van der Waals surface area contributed by atoms with E-state index in [4.69, 9.17) is 15.5 Å². The van der Waals surface area contributed by atoms with Gasteiger partial charge in [0.25, 0.3) is 0 Å². The van der Waals surface area contributed by atoms with Crippen molar-refractivity contribution in [3.63, 3.8) is 0 Å². The SMILES string of the molecule is CC(C)COc1cccc(CC(CN)c2nc(C(C)(C)C)cs2)c1. The van der Waals surface area contributed by atoms with E-state index >= 15 is 0 Å². The van der Waals surface area contributed by atoms with Crippen molar-refractivity contribution >= 4 is 11.3 Å². The third-order valence-corrected chi connectivity index (χ3v) is 4.90. The first kappa shape index (κ1) is 18.9. The first-order valence-electron chi connectivity index (χ1n) is 8.67. The van der Waals surface area contributed by atoms with Crippen LogP contribution in [0, 0.1) is 5.92 Å². The quantitative estimate of drug-likeness (QED) is 0.786. The van der Waals surface area contributed by atoms with Crippen LogP contribution in [-0.2, 0) is 11.8 Å². The Morgan fingerprint density at radius 1 is 1.25 bits per heavy atom. The van der Waals surface area contributed by atoms with Gasteiger partial charge in [-0.1, -0.05) is 46.8 Å². The molecule has 0 aliphatic rings. The van der Waals surface area contributed by atoms with Gasteiger partial charge < -0.3 is 10.5 Å². The Balaban J connectivity index is 2.10. The molecule has 2 N–H and O–H groups in total. The topological polar surface area (TPSA) is 48.1 Å². The number of nitrogens with two attached hydrogens (primary N) is 1. The van der Waals surface area contributed by atoms with Crippen LogP contribution in [0.25, 0.3) is 0 Å². The zero-order valence-corrected chi connectivity index (χ0v) is 16.3. The van der Waals surface area contributed by atoms with Crippen LogP contribution in [0.1, 0.15) is 56.8 Å². The number of hydrogen-bond donors (Lipinski definition) is 1. The summed E-state index contributed by atoms with van der Waals surface area (Å²) in [5.74, 6) is 1.72. The molecule has 0 spiro atoms. The lowest BCUT2D eigenvalue weighted by Crippen LogP contribution is -2.16. The monoisotopic (exact) mass is 346 g/mol. The van der Waals surface area contributed by atoms with Gasteiger partial charge in [0.05, 0.1) is 17.3 Å². The van der Waals surface area contributed by atoms with E-state index < -0.39 is 0 Å². The summed E-state index contributed by atoms with van der Waals surface area (Å²) in [4.78, 5) is 4.84. The maximum atomic E-state index is 6.04. The second kappa shape index (κ2) is 8.13. The fourth-order valence-corrected chi connectivity index (χ4v) is 3.56. The minimum atomic E-state index is 0.0818. The summed E-state index contributed by atoms with van der Waals surface area (Å²) >= 11 is 1.72. The Morgan fingerprint density at radius 3 is 2.58 bits per heavy atom. The van der Waals surface area contributed by atoms with Crippen molar-refractivity contribution in [1.82, 2.24) is 4.98 Å². The fourth-order valence-electron chi connectivity index (χ4n) is 2.40. The smallest absolute Gasteiger partial charge is 0.119 e. The van der Waals surface area contributed by atoms with Crippen LogP contribution in [0.3, 0.4) is 0 Å². The normalized spacial score (nSPS) is 13.3. The molecule has 132 valence electrons. The van der Waals surface area contributed by atoms with Gasteiger partial charge in [0.15, 0.2) is 0 Å². The standard InChI is InChI=1S/C20H30N2OS/c1-14(2)12-23-17-8-6-7-15(10-17)9-16(11-21)19-22-18(13-24-19)20(3,4)5/h6-8,10,13-14,16H,9,11-12,21H2,1-5H3. The van der Waals surface area contributed by atoms with Crippen molar-refractivity contribution < 1.29 is 4.74 Å². The number of hydrogen-bond acceptors (Lipinski definition) is 4. The number of benzene rings is 1. The third-order valence-electron chi connectivity index (χ3n) is 3.89. The number of ether oxygens (including phenoxy) is 1. The van der Waals surface area contributed by atoms with Gasteiger partial charge in [-0.05, 0) is 30.0 Å². The van der Waals surface area contributed by atoms with Gasteiger partial charge in [0.2, 0.25) is 0 Å². The number of thiazole rings is 1. The summed E-state index contributed by atoms with van der Waals surface area (Å²) in [6.07, 6.45) is 0.895. The molecule has 4 heteroatoms. The Morgan fingerprint density at radius 2 is 2.00 bits per heavy atom. The van der Waals surface area contributed by atoms with Crippen molar-refractivity contribution in [3.8, 4) is 5.75 Å². The molecule has 0 fully saturated rings. The van der Waals surface area contributed by atoms with Crippen LogP contribution in [0.2, 0.25) is 0 Å². The Hall–Kier alpha value is -1.39. The summed E-state index contributed by atoms with van der Waals surface area (Å²) in [5, 5.41) is 3.30. The molecule has 0 bridgehead atoms. The van der Waals surface area contributed by atoms with Crippen molar-refractivity contribution in [2.45, 2.75) is 52.4 Å². The van der Waals surface area contributed by atoms with Gasteiger partial charge in [-0.25, -0.2) is 4.98 Å². The molecule has 1 aromatic carbocycles. The Labute approximate surface area is 150 Å². The summed E-state index contributed by atoms with van der Waals surface area (Å²) in [7, 11) is 0. The molecule has 0 aliphatic carbocycles. The lowest BCUT2D eigenvalue weighted by molar-refractivity contribution is 0.271. The first-order chi connectivity index (χ1) is 11.3. The van der Waals surface area contributed by atoms with E-state index in [1.165, 1.54) is 5.56 Å². The van der Waals surface area contributed by atoms with Crippen LogP contribution >= 0.6 is 11.3 Å². The molecule has 2 rings (SSSR count). The summed E-state index contributed by atoms with van der Waals surface area (Å²) < 4.78 is 5.83. The van der Waals surface area contributed by atoms with Crippen molar-refractivity contribution in [2.75, 3.05) is 13.2 Å². The van der Waals surface area contributed by atoms with Gasteiger partial charge in [0.1, 0.15) is 5.75 Å². The molecule has 0 radical (unpaired) electrons. The molecule has 0 saturated heterocycles. The highest BCUT2D eigenvalue weighted by Gasteiger charge is 2.21. The lowest BCUT2D eigenvalue weighted by atomic mass is 9.93. The van der Waals surface area contributed by atoms with Crippen LogP contribution in [0.5, 0.6) is 5.75 Å². The molecule has 1 aromatic heterocycles. The van der Waals surface area contributed by atoms with E-state index in [-0.39, 0.29) is 11.3 Å². The maximum Gasteiger partial charge on any atom is 0.119 e. The molecule has 0 saturated carbocycles. The molecular weight excluding hydrogens is 316 g/mol. The molecule has 1 atom stereocenters. The van der Waals surface area contributed by atoms with Gasteiger partial charge in [-0.3, -0.25) is 0 Å². The van der Waals surface area contributed by atoms with E-state index in [1.807, 2.05) is 6.07 Å². The molecule has 0 amide bonds. The molecule has 2 aromatic rings. The summed E-state index contributed by atoms with van der Waals surface area (Å²) in [5.41, 5.74) is 8.52. The highest BCUT2D eigenvalue weighted by Crippen LogP contribution is 2.29. The van der Waals surface area contributed by atoms with Crippen LogP contribution in [0.15, 0.2) is 29.6 Å². The molecule has 24 heavy (non-hydrogen) atoms. The van der Waals surface area contributed by atoms with Crippen LogP contribution in [0.4, 0.5) is 0 Å². The second-order valence-corrected chi connectivity index (χ2v) is 8.70. The van der Waals surface area contributed by atoms with Crippen LogP contribution in [-0.4, -0.2) is 18.1 Å². The maximum absolute atomic E-state index is 6.04. The number of aromatic nitrogens is 1. The largest absolute Gasteiger partial charge is 0.493 e. The van der Waals surface area contributed by atoms with E-state index in [0.29, 0.717) is 12.5 Å². The fraction of sp³-hybridized carbons (Fsp3) is 0.550. The summed E-state index contributed by atoms with van der Waals surface area (Å²) in [6, 6.07) is 8.35. The molecule has 3 nitrogen and oxygen atoms in total. The highest BCUT2D eigenvalue weighted by molar-refractivity contribution is 7.09. The van der Waals surface area contributed by atoms with Crippen LogP contribution < -0.4 is 10.5 Å². The molecule has 0 aliphatic heterocycles. The van der Waals surface area contributed by atoms with E-state index in [0.717, 1.165) is 29.5 Å². The third kappa shape index (κ3) is 5.32. The van der Waals surface area contributed by atoms with Gasteiger partial charge >= 0.3 is 0 Å². The van der Waals surface area contributed by atoms with E-state index in [2.05, 4.69) is 58.2 Å². The van der Waals surface area contributed by atoms with Gasteiger partial charge in [0, 0.05) is 23.3 Å². The molecular formula is C20H30N2OS. The second-order valence-electron chi connectivity index (χ2n) is 7.81. The lowest BCUT2D eigenvalue weighted by Gasteiger charge is -2.16. The average Bonchev–Trinajstić information content (AvgIpc) is 3.01. The van der Waals surface area contributed by atoms with Gasteiger partial charge in [-0.15, -0.1) is 11.3 Å². The first-order valence-corrected chi connectivity index (χ1v) is 9.55. The number of rotatable bonds is 7. The zero-order chi connectivity index (χ0) is 17.7. The predicted octanol–water partition coefficient (Wildman–Crippen LogP) is 4.76. The van der Waals surface area contributed by atoms with Crippen molar-refractivity contribution in [2.24, 2.45) is 11.7 Å². The van der Waals surface area contributed by atoms with E-state index in [9.17, 15) is 0 Å². The minimum Gasteiger partial charge on any atom is -0.493 e. The van der Waals surface area contributed by atoms with Crippen molar-refractivity contribution in [1.29, 1.82) is 0 Å². The number of nitrogens with zero attached hydrogens (tertiary/aromatic N) is 1. The average molecular weight is 347 g/mol. The molecule has 1 unspecified atom stereocenters. The highest BCUT2D eigenvalue weighted by atomic mass is 32.1. The minimum absolute atomic E-state index is 0.0818. The van der Waals surface area contributed by atoms with E-state index in [1.54, 1.807) is 11.3 Å². The predicted molar refractivity (Wildman–Crippen MR) is 103 cm³/mol. The summed E-state index contributed by atoms with van der Waals surface area (Å²) in [6.45, 7) is 12.2. The zero-order valence-electron chi connectivity index (χ0n) is 15.5. The Bertz CT molecular complexity index is 643. The van der Waals surface area contributed by atoms with Gasteiger partial charge in [-0.2, -0.15) is 0 Å². The van der Waals surface area contributed by atoms with Crippen molar-refractivity contribution in [3.05, 3.63) is 45.9 Å². The Kier molecular flexibility index (Phi) is 6.41. The molecule has 1 heterocycles.